The van der Waals surface area contributed by atoms with Gasteiger partial charge in [-0.05, 0) is 26.8 Å². The molecule has 5 atom stereocenters. The Morgan fingerprint density at radius 1 is 0.969 bits per heavy atom. The first-order chi connectivity index (χ1) is 14.9. The molecule has 2 aromatic rings. The van der Waals surface area contributed by atoms with Crippen LogP contribution in [-0.2, 0) is 14.2 Å². The third kappa shape index (κ3) is 2.76. The van der Waals surface area contributed by atoms with Crippen LogP contribution in [0.1, 0.15) is 64.3 Å². The van der Waals surface area contributed by atoms with Gasteiger partial charge in [0.25, 0.3) is 0 Å². The van der Waals surface area contributed by atoms with Crippen molar-refractivity contribution in [2.75, 3.05) is 0 Å². The van der Waals surface area contributed by atoms with E-state index in [0.717, 1.165) is 6.07 Å². The molecule has 1 aliphatic carbocycles. The van der Waals surface area contributed by atoms with Crippen LogP contribution in [0.3, 0.4) is 0 Å². The lowest BCUT2D eigenvalue weighted by molar-refractivity contribution is -0.240. The summed E-state index contributed by atoms with van der Waals surface area (Å²) in [5, 5.41) is 43.6. The van der Waals surface area contributed by atoms with Crippen molar-refractivity contribution in [1.29, 1.82) is 0 Å². The average Bonchev–Trinajstić information content (AvgIpc) is 3.17. The Hall–Kier alpha value is -2.82. The maximum absolute atomic E-state index is 13.1. The van der Waals surface area contributed by atoms with Crippen molar-refractivity contribution in [2.24, 2.45) is 0 Å². The van der Waals surface area contributed by atoms with Gasteiger partial charge in [-0.2, -0.15) is 0 Å². The van der Waals surface area contributed by atoms with Gasteiger partial charge in [-0.3, -0.25) is 9.59 Å². The third-order valence-electron chi connectivity index (χ3n) is 6.28. The summed E-state index contributed by atoms with van der Waals surface area (Å²) >= 11 is 0. The van der Waals surface area contributed by atoms with Gasteiger partial charge in [-0.15, -0.1) is 0 Å². The second kappa shape index (κ2) is 6.60. The summed E-state index contributed by atoms with van der Waals surface area (Å²) < 4.78 is 17.0. The molecule has 0 radical (unpaired) electrons. The number of phenols is 2. The number of carbonyl (C=O) groups is 2. The number of carbonyl (C=O) groups excluding carboxylic acids is 2. The normalized spacial score (nSPS) is 31.2. The van der Waals surface area contributed by atoms with E-state index in [9.17, 15) is 30.0 Å². The van der Waals surface area contributed by atoms with Crippen LogP contribution in [0.25, 0.3) is 0 Å². The Bertz CT molecular complexity index is 1170. The predicted octanol–water partition coefficient (Wildman–Crippen LogP) is 1.53. The smallest absolute Gasteiger partial charge is 0.198 e. The van der Waals surface area contributed by atoms with E-state index in [1.807, 2.05) is 0 Å². The zero-order valence-electron chi connectivity index (χ0n) is 17.5. The van der Waals surface area contributed by atoms with Crippen LogP contribution in [-0.4, -0.2) is 61.9 Å². The highest BCUT2D eigenvalue weighted by Gasteiger charge is 2.63. The van der Waals surface area contributed by atoms with Crippen molar-refractivity contribution < 1.29 is 44.2 Å². The first kappa shape index (κ1) is 21.0. The fourth-order valence-electron chi connectivity index (χ4n) is 4.73. The number of aliphatic hydroxyl groups excluding tert-OH is 1. The van der Waals surface area contributed by atoms with Gasteiger partial charge in [0, 0.05) is 16.7 Å². The highest BCUT2D eigenvalue weighted by molar-refractivity contribution is 6.30. The van der Waals surface area contributed by atoms with E-state index in [1.54, 1.807) is 26.0 Å². The van der Waals surface area contributed by atoms with Crippen LogP contribution in [0, 0.1) is 0 Å². The Labute approximate surface area is 182 Å². The molecule has 0 unspecified atom stereocenters. The lowest BCUT2D eigenvalue weighted by atomic mass is 9.80. The van der Waals surface area contributed by atoms with Gasteiger partial charge in [0.2, 0.25) is 0 Å². The molecule has 0 spiro atoms. The van der Waals surface area contributed by atoms with Crippen molar-refractivity contribution in [2.45, 2.75) is 56.8 Å². The molecule has 2 aromatic carbocycles. The van der Waals surface area contributed by atoms with Gasteiger partial charge < -0.3 is 34.6 Å². The molecule has 2 fully saturated rings. The fraction of sp³-hybridized carbons (Fsp3) is 0.391. The number of phenolic OH excluding ortho intramolecular Hbond substituents is 2. The topological polar surface area (TPSA) is 143 Å². The van der Waals surface area contributed by atoms with Gasteiger partial charge in [-0.25, -0.2) is 0 Å². The number of rotatable bonds is 2. The van der Waals surface area contributed by atoms with E-state index in [4.69, 9.17) is 14.2 Å². The largest absolute Gasteiger partial charge is 0.507 e. The second-order valence-corrected chi connectivity index (χ2v) is 8.94. The minimum absolute atomic E-state index is 0.0778. The molecular weight excluding hydrogens is 420 g/mol. The highest BCUT2D eigenvalue weighted by atomic mass is 16.8. The number of hydrogen-bond donors (Lipinski definition) is 4. The lowest BCUT2D eigenvalue weighted by Gasteiger charge is -2.33. The SMILES string of the molecule is CC1(C)O[C@H]2O[C@H]([C@H](O)c3cc(O)c4c(c3O)C(=O)c3ccccc3C4=O)[C@@](C)(O)[C@H]2O1. The molecule has 3 aliphatic rings. The molecule has 4 N–H and O–H groups in total. The van der Waals surface area contributed by atoms with Gasteiger partial charge in [0.1, 0.15) is 35.4 Å². The maximum atomic E-state index is 13.1. The number of fused-ring (bicyclic) bond motifs is 3. The van der Waals surface area contributed by atoms with Crippen LogP contribution >= 0.6 is 0 Å². The maximum Gasteiger partial charge on any atom is 0.198 e. The second-order valence-electron chi connectivity index (χ2n) is 8.94. The van der Waals surface area contributed by atoms with E-state index in [0.29, 0.717) is 0 Å². The molecule has 9 nitrogen and oxygen atoms in total. The molecule has 0 bridgehead atoms. The standard InChI is InChI=1S/C23H22O9/c1-22(2)31-20-21(32-22)30-19(23(20,3)29)18(28)11-8-12(24)13-14(17(11)27)16(26)10-7-5-4-6-9(10)15(13)25/h4-8,18-21,24,27-29H,1-3H3/t18-,19-,20+,21-,23-/m1/s1. The minimum atomic E-state index is -1.73. The molecule has 2 saturated heterocycles. The number of ketones is 2. The molecule has 9 heteroatoms. The molecule has 0 aromatic heterocycles. The number of benzene rings is 2. The monoisotopic (exact) mass is 442 g/mol. The minimum Gasteiger partial charge on any atom is -0.507 e. The van der Waals surface area contributed by atoms with Crippen LogP contribution in [0.15, 0.2) is 30.3 Å². The number of aliphatic hydroxyl groups is 2. The lowest BCUT2D eigenvalue weighted by Crippen LogP contribution is -2.48. The summed E-state index contributed by atoms with van der Waals surface area (Å²) in [6.45, 7) is 4.71. The zero-order chi connectivity index (χ0) is 23.2. The summed E-state index contributed by atoms with van der Waals surface area (Å²) in [5.41, 5.74) is -2.57. The summed E-state index contributed by atoms with van der Waals surface area (Å²) in [6.07, 6.45) is -4.88. The first-order valence-corrected chi connectivity index (χ1v) is 10.1. The van der Waals surface area contributed by atoms with E-state index in [-0.39, 0.29) is 22.3 Å². The Kier molecular flexibility index (Phi) is 4.34. The van der Waals surface area contributed by atoms with Crippen molar-refractivity contribution in [1.82, 2.24) is 0 Å². The van der Waals surface area contributed by atoms with E-state index in [2.05, 4.69) is 0 Å². The van der Waals surface area contributed by atoms with Gasteiger partial charge in [0.15, 0.2) is 23.6 Å². The van der Waals surface area contributed by atoms with E-state index >= 15 is 0 Å². The van der Waals surface area contributed by atoms with Crippen molar-refractivity contribution in [3.05, 3.63) is 58.1 Å². The summed E-state index contributed by atoms with van der Waals surface area (Å²) in [5.74, 6) is -3.53. The van der Waals surface area contributed by atoms with Gasteiger partial charge in [0.05, 0.1) is 11.1 Å². The summed E-state index contributed by atoms with van der Waals surface area (Å²) in [6, 6.07) is 7.07. The molecule has 168 valence electrons. The van der Waals surface area contributed by atoms with Crippen LogP contribution in [0.4, 0.5) is 0 Å². The Balaban J connectivity index is 1.57. The van der Waals surface area contributed by atoms with Crippen molar-refractivity contribution in [3.8, 4) is 11.5 Å². The molecule has 2 aliphatic heterocycles. The van der Waals surface area contributed by atoms with Crippen LogP contribution in [0.5, 0.6) is 11.5 Å². The number of ether oxygens (including phenoxy) is 3. The summed E-state index contributed by atoms with van der Waals surface area (Å²) in [7, 11) is 0. The van der Waals surface area contributed by atoms with Gasteiger partial charge in [-0.1, -0.05) is 24.3 Å². The van der Waals surface area contributed by atoms with E-state index in [1.165, 1.54) is 19.1 Å². The quantitative estimate of drug-likeness (QED) is 0.435. The van der Waals surface area contributed by atoms with Crippen LogP contribution < -0.4 is 0 Å². The fourth-order valence-corrected chi connectivity index (χ4v) is 4.73. The number of aromatic hydroxyl groups is 2. The Morgan fingerprint density at radius 3 is 2.16 bits per heavy atom. The molecule has 2 heterocycles. The third-order valence-corrected chi connectivity index (χ3v) is 6.28. The van der Waals surface area contributed by atoms with Crippen molar-refractivity contribution in [3.63, 3.8) is 0 Å². The predicted molar refractivity (Wildman–Crippen MR) is 107 cm³/mol. The molecule has 32 heavy (non-hydrogen) atoms. The van der Waals surface area contributed by atoms with Crippen molar-refractivity contribution >= 4 is 11.6 Å². The zero-order valence-corrected chi connectivity index (χ0v) is 17.5. The molecule has 5 rings (SSSR count). The molecule has 0 amide bonds. The van der Waals surface area contributed by atoms with Crippen LogP contribution in [0.2, 0.25) is 0 Å². The molecular formula is C23H22O9. The molecule has 0 saturated carbocycles. The Morgan fingerprint density at radius 2 is 1.56 bits per heavy atom. The first-order valence-electron chi connectivity index (χ1n) is 10.1. The highest BCUT2D eigenvalue weighted by Crippen LogP contribution is 2.49. The van der Waals surface area contributed by atoms with Gasteiger partial charge >= 0.3 is 0 Å². The summed E-state index contributed by atoms with van der Waals surface area (Å²) in [4.78, 5) is 25.9. The van der Waals surface area contributed by atoms with E-state index < -0.39 is 64.6 Å². The average molecular weight is 442 g/mol. The number of hydrogen-bond acceptors (Lipinski definition) is 9.